The van der Waals surface area contributed by atoms with Gasteiger partial charge < -0.3 is 0 Å². The van der Waals surface area contributed by atoms with Crippen LogP contribution in [0.3, 0.4) is 0 Å². The minimum absolute atomic E-state index is 0.0399. The summed E-state index contributed by atoms with van der Waals surface area (Å²) in [6, 6.07) is 25.9. The topological polar surface area (TPSA) is 17.1 Å². The first kappa shape index (κ1) is 18.0. The molecule has 0 heterocycles. The highest BCUT2D eigenvalue weighted by atomic mass is 19.3. The number of carbonyl (C=O) groups is 1. The van der Waals surface area contributed by atoms with Gasteiger partial charge in [0, 0.05) is 5.56 Å². The zero-order chi connectivity index (χ0) is 18.4. The van der Waals surface area contributed by atoms with Crippen LogP contribution in [0, 0.1) is 0 Å². The molecule has 0 amide bonds. The van der Waals surface area contributed by atoms with E-state index in [2.05, 4.69) is 0 Å². The maximum absolute atomic E-state index is 15.2. The number of carbonyl (C=O) groups excluding carboxylic acids is 1. The van der Waals surface area contributed by atoms with Crippen molar-refractivity contribution in [2.75, 3.05) is 0 Å². The third kappa shape index (κ3) is 4.05. The summed E-state index contributed by atoms with van der Waals surface area (Å²) < 4.78 is 30.4. The first-order valence-electron chi connectivity index (χ1n) is 8.65. The molecule has 26 heavy (non-hydrogen) atoms. The van der Waals surface area contributed by atoms with E-state index >= 15 is 8.78 Å². The van der Waals surface area contributed by atoms with Crippen LogP contribution in [0.1, 0.15) is 33.8 Å². The number of rotatable bonds is 7. The maximum Gasteiger partial charge on any atom is 0.316 e. The molecule has 0 saturated heterocycles. The molecule has 3 aromatic rings. The average Bonchev–Trinajstić information content (AvgIpc) is 2.69. The minimum Gasteiger partial charge on any atom is -0.287 e. The van der Waals surface area contributed by atoms with Gasteiger partial charge in [-0.25, -0.2) is 0 Å². The van der Waals surface area contributed by atoms with Crippen LogP contribution >= 0.6 is 0 Å². The number of Topliss-reactive ketones (excluding diaryl/α,β-unsaturated/α-hetero) is 1. The van der Waals surface area contributed by atoms with Crippen molar-refractivity contribution in [2.45, 2.75) is 24.7 Å². The molecule has 1 nitrogen and oxygen atoms in total. The Bertz CT molecular complexity index is 830. The van der Waals surface area contributed by atoms with E-state index in [0.717, 1.165) is 5.56 Å². The second kappa shape index (κ2) is 8.05. The van der Waals surface area contributed by atoms with E-state index in [1.807, 2.05) is 30.3 Å². The fourth-order valence-corrected chi connectivity index (χ4v) is 3.14. The number of halogens is 2. The van der Waals surface area contributed by atoms with Crippen molar-refractivity contribution in [3.05, 3.63) is 108 Å². The molecule has 0 aromatic heterocycles. The summed E-state index contributed by atoms with van der Waals surface area (Å²) >= 11 is 0. The smallest absolute Gasteiger partial charge is 0.287 e. The van der Waals surface area contributed by atoms with Crippen LogP contribution in [0.4, 0.5) is 8.78 Å². The van der Waals surface area contributed by atoms with Crippen molar-refractivity contribution < 1.29 is 13.6 Å². The Morgan fingerprint density at radius 3 is 1.85 bits per heavy atom. The van der Waals surface area contributed by atoms with Crippen molar-refractivity contribution in [3.8, 4) is 0 Å². The molecular weight excluding hydrogens is 330 g/mol. The third-order valence-electron chi connectivity index (χ3n) is 4.54. The van der Waals surface area contributed by atoms with Crippen LogP contribution < -0.4 is 0 Å². The summed E-state index contributed by atoms with van der Waals surface area (Å²) in [5.41, 5.74) is 1.51. The van der Waals surface area contributed by atoms with E-state index in [-0.39, 0.29) is 12.0 Å². The van der Waals surface area contributed by atoms with Gasteiger partial charge in [0.1, 0.15) is 0 Å². The molecule has 1 atom stereocenters. The number of ketones is 1. The predicted octanol–water partition coefficient (Wildman–Crippen LogP) is 5.92. The molecule has 0 spiro atoms. The Hall–Kier alpha value is -2.81. The maximum atomic E-state index is 15.2. The summed E-state index contributed by atoms with van der Waals surface area (Å²) in [6.07, 6.45) is 0.678. The zero-order valence-corrected chi connectivity index (χ0v) is 14.3. The Morgan fingerprint density at radius 1 is 0.769 bits per heavy atom. The largest absolute Gasteiger partial charge is 0.316 e. The van der Waals surface area contributed by atoms with Gasteiger partial charge in [0.05, 0.1) is 5.92 Å². The molecule has 0 bridgehead atoms. The normalized spacial score (nSPS) is 12.5. The standard InChI is InChI=1S/C23H20F2O/c24-23(25,22(26)20-14-8-3-9-15-20)21(19-12-6-2-7-13-19)17-16-18-10-4-1-5-11-18/h1-15,21H,16-17H2/t21-/m1/s1. The Morgan fingerprint density at radius 2 is 1.27 bits per heavy atom. The van der Waals surface area contributed by atoms with Gasteiger partial charge in [-0.3, -0.25) is 4.79 Å². The van der Waals surface area contributed by atoms with Crippen molar-refractivity contribution in [1.29, 1.82) is 0 Å². The van der Waals surface area contributed by atoms with E-state index in [1.54, 1.807) is 48.5 Å². The lowest BCUT2D eigenvalue weighted by molar-refractivity contribution is -0.0103. The van der Waals surface area contributed by atoms with Crippen LogP contribution in [0.2, 0.25) is 0 Å². The molecule has 0 aliphatic rings. The number of aryl methyl sites for hydroxylation is 1. The van der Waals surface area contributed by atoms with Crippen LogP contribution in [0.15, 0.2) is 91.0 Å². The molecule has 0 radical (unpaired) electrons. The predicted molar refractivity (Wildman–Crippen MR) is 99.7 cm³/mol. The summed E-state index contributed by atoms with van der Waals surface area (Å²) in [7, 11) is 0. The van der Waals surface area contributed by atoms with Crippen LogP contribution in [-0.4, -0.2) is 11.7 Å². The van der Waals surface area contributed by atoms with Gasteiger partial charge in [-0.15, -0.1) is 0 Å². The van der Waals surface area contributed by atoms with Crippen LogP contribution in [-0.2, 0) is 6.42 Å². The molecule has 0 aliphatic heterocycles. The molecule has 0 aliphatic carbocycles. The van der Waals surface area contributed by atoms with Gasteiger partial charge in [-0.05, 0) is 24.0 Å². The molecule has 132 valence electrons. The molecule has 3 aromatic carbocycles. The molecule has 0 saturated carbocycles. The van der Waals surface area contributed by atoms with Gasteiger partial charge in [0.2, 0.25) is 5.78 Å². The van der Waals surface area contributed by atoms with Gasteiger partial charge in [-0.2, -0.15) is 8.78 Å². The summed E-state index contributed by atoms with van der Waals surface area (Å²) in [6.45, 7) is 0. The minimum atomic E-state index is -3.47. The van der Waals surface area contributed by atoms with E-state index < -0.39 is 17.6 Å². The third-order valence-corrected chi connectivity index (χ3v) is 4.54. The van der Waals surface area contributed by atoms with Gasteiger partial charge >= 0.3 is 5.92 Å². The first-order chi connectivity index (χ1) is 12.6. The van der Waals surface area contributed by atoms with E-state index in [1.165, 1.54) is 12.1 Å². The Kier molecular flexibility index (Phi) is 5.57. The summed E-state index contributed by atoms with van der Waals surface area (Å²) in [4.78, 5) is 12.5. The SMILES string of the molecule is O=C(c1ccccc1)C(F)(F)[C@H](CCc1ccccc1)c1ccccc1. The fraction of sp³-hybridized carbons (Fsp3) is 0.174. The molecule has 3 heteroatoms. The molecule has 3 rings (SSSR count). The van der Waals surface area contributed by atoms with Gasteiger partial charge in [-0.1, -0.05) is 91.0 Å². The van der Waals surface area contributed by atoms with Crippen molar-refractivity contribution >= 4 is 5.78 Å². The highest BCUT2D eigenvalue weighted by molar-refractivity contribution is 6.02. The zero-order valence-electron chi connectivity index (χ0n) is 14.3. The molecule has 0 unspecified atom stereocenters. The lowest BCUT2D eigenvalue weighted by Gasteiger charge is -2.26. The molecule has 0 fully saturated rings. The van der Waals surface area contributed by atoms with Crippen molar-refractivity contribution in [3.63, 3.8) is 0 Å². The highest BCUT2D eigenvalue weighted by Gasteiger charge is 2.47. The number of benzene rings is 3. The Balaban J connectivity index is 1.90. The second-order valence-corrected chi connectivity index (χ2v) is 6.31. The van der Waals surface area contributed by atoms with Crippen LogP contribution in [0.5, 0.6) is 0 Å². The monoisotopic (exact) mass is 350 g/mol. The van der Waals surface area contributed by atoms with Crippen LogP contribution in [0.25, 0.3) is 0 Å². The molecular formula is C23H20F2O. The highest BCUT2D eigenvalue weighted by Crippen LogP contribution is 2.39. The number of hydrogen-bond acceptors (Lipinski definition) is 1. The van der Waals surface area contributed by atoms with Gasteiger partial charge in [0.25, 0.3) is 0 Å². The van der Waals surface area contributed by atoms with Crippen molar-refractivity contribution in [1.82, 2.24) is 0 Å². The molecule has 0 N–H and O–H groups in total. The van der Waals surface area contributed by atoms with E-state index in [9.17, 15) is 4.79 Å². The number of hydrogen-bond donors (Lipinski definition) is 0. The quantitative estimate of drug-likeness (QED) is 0.483. The average molecular weight is 350 g/mol. The Labute approximate surface area is 152 Å². The van der Waals surface area contributed by atoms with E-state index in [4.69, 9.17) is 0 Å². The number of alkyl halides is 2. The first-order valence-corrected chi connectivity index (χ1v) is 8.65. The summed E-state index contributed by atoms with van der Waals surface area (Å²) in [5.74, 6) is -5.77. The van der Waals surface area contributed by atoms with E-state index in [0.29, 0.717) is 12.0 Å². The lowest BCUT2D eigenvalue weighted by Crippen LogP contribution is -2.36. The second-order valence-electron chi connectivity index (χ2n) is 6.31. The lowest BCUT2D eigenvalue weighted by atomic mass is 9.83. The van der Waals surface area contributed by atoms with Gasteiger partial charge in [0.15, 0.2) is 0 Å². The van der Waals surface area contributed by atoms with Crippen molar-refractivity contribution in [2.24, 2.45) is 0 Å². The fourth-order valence-electron chi connectivity index (χ4n) is 3.14. The summed E-state index contributed by atoms with van der Waals surface area (Å²) in [5, 5.41) is 0.